The van der Waals surface area contributed by atoms with Crippen molar-refractivity contribution in [1.82, 2.24) is 10.2 Å². The van der Waals surface area contributed by atoms with E-state index < -0.39 is 5.97 Å². The minimum Gasteiger partial charge on any atom is -0.481 e. The van der Waals surface area contributed by atoms with Crippen LogP contribution in [-0.4, -0.2) is 59.1 Å². The number of hydrogen-bond donors (Lipinski definition) is 2. The summed E-state index contributed by atoms with van der Waals surface area (Å²) < 4.78 is 0. The lowest BCUT2D eigenvalue weighted by Gasteiger charge is -2.50. The Morgan fingerprint density at radius 1 is 1.40 bits per heavy atom. The zero-order chi connectivity index (χ0) is 14.5. The van der Waals surface area contributed by atoms with Crippen molar-refractivity contribution in [3.63, 3.8) is 0 Å². The molecule has 3 heterocycles. The molecule has 1 amide bonds. The van der Waals surface area contributed by atoms with Gasteiger partial charge in [-0.3, -0.25) is 14.5 Å². The summed E-state index contributed by atoms with van der Waals surface area (Å²) in [6, 6.07) is 0.477. The van der Waals surface area contributed by atoms with Gasteiger partial charge in [0.1, 0.15) is 0 Å². The number of carbonyl (C=O) groups excluding carboxylic acids is 1. The van der Waals surface area contributed by atoms with Crippen LogP contribution in [0.4, 0.5) is 0 Å². The van der Waals surface area contributed by atoms with Crippen LogP contribution in [0, 0.1) is 11.8 Å². The van der Waals surface area contributed by atoms with Crippen molar-refractivity contribution < 1.29 is 14.7 Å². The number of hydrogen-bond acceptors (Lipinski definition) is 4. The fourth-order valence-corrected chi connectivity index (χ4v) is 4.00. The van der Waals surface area contributed by atoms with Crippen LogP contribution in [-0.2, 0) is 9.59 Å². The van der Waals surface area contributed by atoms with E-state index >= 15 is 0 Å². The maximum absolute atomic E-state index is 11.7. The Morgan fingerprint density at radius 3 is 2.80 bits per heavy atom. The van der Waals surface area contributed by atoms with E-state index in [2.05, 4.69) is 17.1 Å². The Balaban J connectivity index is 1.67. The summed E-state index contributed by atoms with van der Waals surface area (Å²) in [5, 5.41) is 11.5. The highest BCUT2D eigenvalue weighted by molar-refractivity contribution is 8.00. The van der Waals surface area contributed by atoms with E-state index in [4.69, 9.17) is 5.11 Å². The SMILES string of the molecule is CC[C@H]1CN2CC[C@H]1C[C@@H]2CNC(=O)CSCC(=O)O. The van der Waals surface area contributed by atoms with Crippen LogP contribution < -0.4 is 5.32 Å². The third-order valence-electron chi connectivity index (χ3n) is 4.53. The molecule has 3 aliphatic heterocycles. The molecular formula is C14H24N2O3S. The molecule has 2 bridgehead atoms. The molecule has 5 nitrogen and oxygen atoms in total. The largest absolute Gasteiger partial charge is 0.481 e. The first-order valence-electron chi connectivity index (χ1n) is 7.40. The molecule has 0 aromatic rings. The Hall–Kier alpha value is -0.750. The molecule has 3 aliphatic rings. The molecule has 3 rings (SSSR count). The van der Waals surface area contributed by atoms with Gasteiger partial charge in [0.05, 0.1) is 11.5 Å². The van der Waals surface area contributed by atoms with Gasteiger partial charge in [-0.2, -0.15) is 0 Å². The van der Waals surface area contributed by atoms with Crippen LogP contribution in [0.15, 0.2) is 0 Å². The predicted octanol–water partition coefficient (Wildman–Crippen LogP) is 1.04. The molecule has 1 unspecified atom stereocenters. The number of thioether (sulfide) groups is 1. The third kappa shape index (κ3) is 4.12. The number of carbonyl (C=O) groups is 2. The van der Waals surface area contributed by atoms with Crippen LogP contribution in [0.5, 0.6) is 0 Å². The highest BCUT2D eigenvalue weighted by Crippen LogP contribution is 2.37. The molecule has 0 aliphatic carbocycles. The van der Waals surface area contributed by atoms with Crippen molar-refractivity contribution >= 4 is 23.6 Å². The third-order valence-corrected chi connectivity index (χ3v) is 5.45. The molecule has 0 radical (unpaired) electrons. The van der Waals surface area contributed by atoms with Gasteiger partial charge < -0.3 is 10.4 Å². The van der Waals surface area contributed by atoms with E-state index in [-0.39, 0.29) is 17.4 Å². The van der Waals surface area contributed by atoms with Gasteiger partial charge >= 0.3 is 5.97 Å². The average Bonchev–Trinajstić information content (AvgIpc) is 2.45. The fraction of sp³-hybridized carbons (Fsp3) is 0.857. The van der Waals surface area contributed by atoms with Gasteiger partial charge in [-0.15, -0.1) is 11.8 Å². The quantitative estimate of drug-likeness (QED) is 0.735. The number of rotatable bonds is 7. The van der Waals surface area contributed by atoms with Crippen molar-refractivity contribution in [3.8, 4) is 0 Å². The lowest BCUT2D eigenvalue weighted by Crippen LogP contribution is -2.56. The normalized spacial score (nSPS) is 32.0. The molecule has 3 saturated heterocycles. The highest BCUT2D eigenvalue weighted by Gasteiger charge is 2.38. The summed E-state index contributed by atoms with van der Waals surface area (Å²) in [6.45, 7) is 5.31. The zero-order valence-electron chi connectivity index (χ0n) is 12.0. The van der Waals surface area contributed by atoms with Gasteiger partial charge in [0.25, 0.3) is 0 Å². The number of piperidine rings is 3. The number of amides is 1. The number of carboxylic acid groups (broad SMARTS) is 1. The topological polar surface area (TPSA) is 69.6 Å². The lowest BCUT2D eigenvalue weighted by molar-refractivity contribution is -0.133. The average molecular weight is 300 g/mol. The first kappa shape index (κ1) is 15.6. The van der Waals surface area contributed by atoms with Crippen molar-refractivity contribution in [3.05, 3.63) is 0 Å². The second-order valence-corrected chi connectivity index (χ2v) is 6.78. The Morgan fingerprint density at radius 2 is 2.20 bits per heavy atom. The van der Waals surface area contributed by atoms with Gasteiger partial charge in [0.2, 0.25) is 5.91 Å². The molecule has 0 saturated carbocycles. The molecule has 2 N–H and O–H groups in total. The summed E-state index contributed by atoms with van der Waals surface area (Å²) in [7, 11) is 0. The van der Waals surface area contributed by atoms with E-state index in [1.165, 1.54) is 25.8 Å². The van der Waals surface area contributed by atoms with Crippen LogP contribution >= 0.6 is 11.8 Å². The Labute approximate surface area is 124 Å². The molecule has 0 aromatic carbocycles. The maximum Gasteiger partial charge on any atom is 0.313 e. The highest BCUT2D eigenvalue weighted by atomic mass is 32.2. The molecule has 4 atom stereocenters. The lowest BCUT2D eigenvalue weighted by atomic mass is 9.74. The molecule has 114 valence electrons. The number of nitrogens with zero attached hydrogens (tertiary/aromatic N) is 1. The van der Waals surface area contributed by atoms with Crippen LogP contribution in [0.1, 0.15) is 26.2 Å². The van der Waals surface area contributed by atoms with E-state index in [0.717, 1.165) is 30.1 Å². The minimum absolute atomic E-state index is 0.0107. The van der Waals surface area contributed by atoms with Crippen molar-refractivity contribution in [2.45, 2.75) is 32.2 Å². The molecule has 6 heteroatoms. The summed E-state index contributed by atoms with van der Waals surface area (Å²) in [6.07, 6.45) is 3.75. The van der Waals surface area contributed by atoms with Crippen LogP contribution in [0.2, 0.25) is 0 Å². The van der Waals surface area contributed by atoms with E-state index in [0.29, 0.717) is 12.6 Å². The van der Waals surface area contributed by atoms with Gasteiger partial charge in [-0.25, -0.2) is 0 Å². The monoisotopic (exact) mass is 300 g/mol. The summed E-state index contributed by atoms with van der Waals surface area (Å²) in [5.74, 6) is 0.966. The second kappa shape index (κ2) is 7.31. The first-order chi connectivity index (χ1) is 9.60. The van der Waals surface area contributed by atoms with Gasteiger partial charge in [0.15, 0.2) is 0 Å². The van der Waals surface area contributed by atoms with E-state index in [1.807, 2.05) is 0 Å². The number of aliphatic carboxylic acids is 1. The Kier molecular flexibility index (Phi) is 5.72. The zero-order valence-corrected chi connectivity index (χ0v) is 12.8. The van der Waals surface area contributed by atoms with Crippen molar-refractivity contribution in [1.29, 1.82) is 0 Å². The van der Waals surface area contributed by atoms with Gasteiger partial charge in [-0.1, -0.05) is 13.3 Å². The number of carboxylic acids is 1. The summed E-state index contributed by atoms with van der Waals surface area (Å²) >= 11 is 1.15. The molecule has 0 spiro atoms. The summed E-state index contributed by atoms with van der Waals surface area (Å²) in [4.78, 5) is 24.5. The first-order valence-corrected chi connectivity index (χ1v) is 8.56. The standard InChI is InChI=1S/C14H24N2O3S/c1-2-10-7-16-4-3-11(10)5-12(16)6-15-13(17)8-20-9-14(18)19/h10-12H,2-9H2,1H3,(H,15,17)(H,18,19)/t10-,11-,12+/m0/s1. The van der Waals surface area contributed by atoms with Crippen molar-refractivity contribution in [2.75, 3.05) is 31.1 Å². The van der Waals surface area contributed by atoms with E-state index in [1.54, 1.807) is 0 Å². The van der Waals surface area contributed by atoms with E-state index in [9.17, 15) is 9.59 Å². The smallest absolute Gasteiger partial charge is 0.313 e. The van der Waals surface area contributed by atoms with Crippen LogP contribution in [0.25, 0.3) is 0 Å². The van der Waals surface area contributed by atoms with Crippen LogP contribution in [0.3, 0.4) is 0 Å². The fourth-order valence-electron chi connectivity index (χ4n) is 3.44. The summed E-state index contributed by atoms with van der Waals surface area (Å²) in [5.41, 5.74) is 0. The van der Waals surface area contributed by atoms with Gasteiger partial charge in [-0.05, 0) is 31.2 Å². The predicted molar refractivity (Wildman–Crippen MR) is 79.8 cm³/mol. The molecule has 3 fully saturated rings. The van der Waals surface area contributed by atoms with Crippen molar-refractivity contribution in [2.24, 2.45) is 11.8 Å². The second-order valence-electron chi connectivity index (χ2n) is 5.79. The molecular weight excluding hydrogens is 276 g/mol. The number of fused-ring (bicyclic) bond motifs is 3. The maximum atomic E-state index is 11.7. The minimum atomic E-state index is -0.871. The molecule has 0 aromatic heterocycles. The molecule has 20 heavy (non-hydrogen) atoms. The Bertz CT molecular complexity index is 364. The number of nitrogens with one attached hydrogen (secondary N) is 1. The van der Waals surface area contributed by atoms with Gasteiger partial charge in [0, 0.05) is 19.1 Å².